The maximum Gasteiger partial charge on any atom is 0.0726 e. The van der Waals surface area contributed by atoms with Crippen LogP contribution in [0.3, 0.4) is 0 Å². The molecule has 0 aromatic heterocycles. The molecule has 9 aromatic carbocycles. The van der Waals surface area contributed by atoms with Crippen LogP contribution in [0.4, 0.5) is 34.1 Å². The molecule has 0 heterocycles. The molecule has 0 radical (unpaired) electrons. The predicted molar refractivity (Wildman–Crippen MR) is 238 cm³/mol. The van der Waals surface area contributed by atoms with Crippen molar-refractivity contribution in [3.63, 3.8) is 0 Å². The van der Waals surface area contributed by atoms with Gasteiger partial charge in [0, 0.05) is 34.0 Å². The van der Waals surface area contributed by atoms with E-state index in [2.05, 4.69) is 163 Å². The largest absolute Gasteiger partial charge is 0.310 e. The number of para-hydroxylation sites is 4. The second-order valence-electron chi connectivity index (χ2n) is 14.5. The zero-order valence-corrected chi connectivity index (χ0v) is 30.9. The minimum Gasteiger partial charge on any atom is -0.310 e. The fraction of sp³-hybridized carbons (Fsp3) is 0.0182. The Morgan fingerprint density at radius 2 is 0.807 bits per heavy atom. The van der Waals surface area contributed by atoms with E-state index in [-0.39, 0.29) is 29.9 Å². The van der Waals surface area contributed by atoms with E-state index in [9.17, 15) is 0 Å². The van der Waals surface area contributed by atoms with Crippen LogP contribution >= 0.6 is 0 Å². The highest BCUT2D eigenvalue weighted by molar-refractivity contribution is 5.98. The molecule has 0 amide bonds. The van der Waals surface area contributed by atoms with Gasteiger partial charge in [0.2, 0.25) is 0 Å². The third-order valence-corrected chi connectivity index (χ3v) is 11.5. The number of anilines is 6. The van der Waals surface area contributed by atoms with E-state index in [1.54, 1.807) is 4.90 Å². The predicted octanol–water partition coefficient (Wildman–Crippen LogP) is 14.6. The standard InChI is InChI=1S/C55H38N2/c1-5-19-39(20-6-1)45-27-15-18-32-54(45)57(42-25-11-4-12-26-42)44-33-35-48-46-28-13-16-30-50(46)55(53(48)38-44)51-31-17-14-29-47(51)49-37-43(34-36-52(49)55)56(40-21-7-2-8-22-40)41-23-9-3-10-24-41/h1-38H/i2D,7D,8D,21D,22D. The molecule has 0 fully saturated rings. The van der Waals surface area contributed by atoms with Gasteiger partial charge in [-0.1, -0.05) is 164 Å². The highest BCUT2D eigenvalue weighted by Gasteiger charge is 2.52. The summed E-state index contributed by atoms with van der Waals surface area (Å²) < 4.78 is 43.6. The van der Waals surface area contributed by atoms with Crippen LogP contribution in [0.2, 0.25) is 0 Å². The van der Waals surface area contributed by atoms with Crippen molar-refractivity contribution >= 4 is 34.1 Å². The topological polar surface area (TPSA) is 6.48 Å². The third-order valence-electron chi connectivity index (χ3n) is 11.5. The number of rotatable bonds is 7. The fourth-order valence-electron chi connectivity index (χ4n) is 9.27. The van der Waals surface area contributed by atoms with Crippen molar-refractivity contribution in [3.8, 4) is 33.4 Å². The lowest BCUT2D eigenvalue weighted by molar-refractivity contribution is 0.793. The van der Waals surface area contributed by atoms with E-state index in [0.717, 1.165) is 44.9 Å². The van der Waals surface area contributed by atoms with Gasteiger partial charge in [-0.05, 0) is 117 Å². The fourth-order valence-corrected chi connectivity index (χ4v) is 9.27. The molecule has 1 unspecified atom stereocenters. The Labute approximate surface area is 341 Å². The van der Waals surface area contributed by atoms with E-state index >= 15 is 0 Å². The Kier molecular flexibility index (Phi) is 6.60. The van der Waals surface area contributed by atoms with Crippen LogP contribution in [0, 0.1) is 0 Å². The van der Waals surface area contributed by atoms with Crippen molar-refractivity contribution in [3.05, 3.63) is 253 Å². The van der Waals surface area contributed by atoms with E-state index in [1.807, 2.05) is 42.5 Å². The van der Waals surface area contributed by atoms with Crippen molar-refractivity contribution in [1.29, 1.82) is 0 Å². The zero-order valence-electron chi connectivity index (χ0n) is 35.9. The molecule has 0 saturated carbocycles. The van der Waals surface area contributed by atoms with Crippen LogP contribution in [0.15, 0.2) is 230 Å². The Morgan fingerprint density at radius 1 is 0.316 bits per heavy atom. The average Bonchev–Trinajstić information content (AvgIpc) is 3.79. The molecule has 11 rings (SSSR count). The average molecular weight is 732 g/mol. The number of nitrogens with zero attached hydrogens (tertiary/aromatic N) is 2. The van der Waals surface area contributed by atoms with Crippen LogP contribution in [0.25, 0.3) is 33.4 Å². The smallest absolute Gasteiger partial charge is 0.0726 e. The summed E-state index contributed by atoms with van der Waals surface area (Å²) in [6.07, 6.45) is 0. The molecular formula is C55H38N2. The van der Waals surface area contributed by atoms with Gasteiger partial charge in [-0.3, -0.25) is 0 Å². The Hall–Kier alpha value is -7.42. The summed E-state index contributed by atoms with van der Waals surface area (Å²) in [6.45, 7) is 0. The molecule has 0 bridgehead atoms. The quantitative estimate of drug-likeness (QED) is 0.161. The molecule has 2 aliphatic rings. The van der Waals surface area contributed by atoms with Crippen LogP contribution in [0.1, 0.15) is 29.1 Å². The second-order valence-corrected chi connectivity index (χ2v) is 14.5. The first-order valence-corrected chi connectivity index (χ1v) is 19.3. The Morgan fingerprint density at radius 3 is 1.49 bits per heavy atom. The van der Waals surface area contributed by atoms with Gasteiger partial charge in [-0.15, -0.1) is 0 Å². The highest BCUT2D eigenvalue weighted by atomic mass is 15.1. The van der Waals surface area contributed by atoms with Gasteiger partial charge in [0.05, 0.1) is 18.0 Å². The second kappa shape index (κ2) is 13.4. The molecule has 2 nitrogen and oxygen atoms in total. The summed E-state index contributed by atoms with van der Waals surface area (Å²) in [4.78, 5) is 4.16. The molecule has 0 aliphatic heterocycles. The van der Waals surface area contributed by atoms with Crippen molar-refractivity contribution in [2.24, 2.45) is 0 Å². The van der Waals surface area contributed by atoms with Crippen LogP contribution < -0.4 is 9.80 Å². The Balaban J connectivity index is 1.16. The van der Waals surface area contributed by atoms with Crippen LogP contribution in [-0.2, 0) is 5.41 Å². The summed E-state index contributed by atoms with van der Waals surface area (Å²) in [5.41, 5.74) is 15.3. The van der Waals surface area contributed by atoms with Gasteiger partial charge in [-0.25, -0.2) is 0 Å². The van der Waals surface area contributed by atoms with Gasteiger partial charge in [0.25, 0.3) is 0 Å². The lowest BCUT2D eigenvalue weighted by atomic mass is 9.70. The third kappa shape index (κ3) is 5.11. The van der Waals surface area contributed by atoms with E-state index in [0.29, 0.717) is 11.4 Å². The van der Waals surface area contributed by atoms with E-state index < -0.39 is 11.5 Å². The van der Waals surface area contributed by atoms with Gasteiger partial charge in [0.15, 0.2) is 0 Å². The summed E-state index contributed by atoms with van der Waals surface area (Å²) in [5.74, 6) is 0. The van der Waals surface area contributed by atoms with E-state index in [1.165, 1.54) is 27.8 Å². The lowest BCUT2D eigenvalue weighted by Gasteiger charge is -2.33. The maximum absolute atomic E-state index is 9.05. The zero-order chi connectivity index (χ0) is 42.1. The molecule has 0 saturated heterocycles. The number of benzene rings is 9. The molecular weight excluding hydrogens is 689 g/mol. The molecule has 2 aliphatic carbocycles. The number of hydrogen-bond acceptors (Lipinski definition) is 2. The van der Waals surface area contributed by atoms with Gasteiger partial charge < -0.3 is 9.80 Å². The minimum atomic E-state index is -0.679. The monoisotopic (exact) mass is 731 g/mol. The lowest BCUT2D eigenvalue weighted by Crippen LogP contribution is -2.26. The Bertz CT molecular complexity index is 3180. The van der Waals surface area contributed by atoms with Gasteiger partial charge >= 0.3 is 0 Å². The summed E-state index contributed by atoms with van der Waals surface area (Å²) in [5, 5.41) is 0. The number of hydrogen-bond donors (Lipinski definition) is 0. The molecule has 0 N–H and O–H groups in total. The summed E-state index contributed by atoms with van der Waals surface area (Å²) in [7, 11) is 0. The van der Waals surface area contributed by atoms with Crippen molar-refractivity contribution in [1.82, 2.24) is 0 Å². The van der Waals surface area contributed by atoms with Crippen LogP contribution in [-0.4, -0.2) is 0 Å². The van der Waals surface area contributed by atoms with Gasteiger partial charge in [0.1, 0.15) is 0 Å². The highest BCUT2D eigenvalue weighted by Crippen LogP contribution is 2.64. The van der Waals surface area contributed by atoms with Gasteiger partial charge in [-0.2, -0.15) is 0 Å². The minimum absolute atomic E-state index is 0.0983. The molecule has 57 heavy (non-hydrogen) atoms. The molecule has 268 valence electrons. The maximum atomic E-state index is 9.05. The first-order chi connectivity index (χ1) is 30.4. The summed E-state index contributed by atoms with van der Waals surface area (Å²) >= 11 is 0. The van der Waals surface area contributed by atoms with E-state index in [4.69, 9.17) is 6.85 Å². The van der Waals surface area contributed by atoms with Crippen LogP contribution in [0.5, 0.6) is 0 Å². The summed E-state index contributed by atoms with van der Waals surface area (Å²) in [6, 6.07) is 68.1. The SMILES string of the molecule is [2H]c1c([2H])c([2H])c(N(c2ccccc2)c2ccc3c(c2)-c2ccccc2C32c3ccccc3-c3ccc(N(c4ccccc4)c4ccccc4-c4ccccc4)cc32)c([2H])c1[2H]. The number of fused-ring (bicyclic) bond motifs is 10. The molecule has 1 spiro atoms. The van der Waals surface area contributed by atoms with Crippen molar-refractivity contribution in [2.45, 2.75) is 5.41 Å². The first-order valence-electron chi connectivity index (χ1n) is 21.8. The molecule has 9 aromatic rings. The van der Waals surface area contributed by atoms with Crippen molar-refractivity contribution < 1.29 is 6.85 Å². The normalized spacial score (nSPS) is 15.6. The first kappa shape index (κ1) is 28.1. The van der Waals surface area contributed by atoms with Crippen molar-refractivity contribution in [2.75, 3.05) is 9.80 Å². The molecule has 1 atom stereocenters. The molecule has 2 heteroatoms.